The first-order valence-electron chi connectivity index (χ1n) is 10.4. The normalized spacial score (nSPS) is 31.6. The molecule has 4 atom stereocenters. The number of ether oxygens (including phenoxy) is 1. The number of allylic oxidation sites excluding steroid dienone is 2. The van der Waals surface area contributed by atoms with E-state index in [1.807, 2.05) is 25.3 Å². The first kappa shape index (κ1) is 18.5. The zero-order valence-electron chi connectivity index (χ0n) is 16.5. The Hall–Kier alpha value is -1.88. The summed E-state index contributed by atoms with van der Waals surface area (Å²) in [5.74, 6) is 2.17. The zero-order valence-corrected chi connectivity index (χ0v) is 16.5. The van der Waals surface area contributed by atoms with Crippen LogP contribution in [-0.2, 0) is 9.53 Å². The maximum Gasteiger partial charge on any atom is 0.220 e. The molecule has 146 valence electrons. The Bertz CT molecular complexity index is 719. The van der Waals surface area contributed by atoms with Gasteiger partial charge >= 0.3 is 0 Å². The smallest absolute Gasteiger partial charge is 0.220 e. The van der Waals surface area contributed by atoms with Gasteiger partial charge in [0.2, 0.25) is 5.91 Å². The fourth-order valence-electron chi connectivity index (χ4n) is 5.30. The molecule has 4 heterocycles. The number of amides is 1. The Morgan fingerprint density at radius 1 is 1.52 bits per heavy atom. The molecule has 1 aromatic heterocycles. The van der Waals surface area contributed by atoms with Crippen LogP contribution in [-0.4, -0.2) is 42.2 Å². The Morgan fingerprint density at radius 3 is 3.22 bits per heavy atom. The molecule has 0 aliphatic carbocycles. The molecule has 2 bridgehead atoms. The van der Waals surface area contributed by atoms with Gasteiger partial charge in [0.15, 0.2) is 0 Å². The number of unbranched alkanes of at least 4 members (excludes halogenated alkanes) is 1. The average molecular weight is 370 g/mol. The summed E-state index contributed by atoms with van der Waals surface area (Å²) in [6.07, 6.45) is 11.1. The fourth-order valence-corrected chi connectivity index (χ4v) is 5.30. The van der Waals surface area contributed by atoms with E-state index in [0.29, 0.717) is 24.4 Å². The number of pyridine rings is 1. The standard InChI is InChI=1S/C22H31N3O2/c1-3-4-5-6-9-20(26)24-13-17-18-14-25(21-16(2)8-7-12-23-21)15-22(18)11-10-19(17)27-22/h3-4,7-8,12,17-19H,5-6,9-11,13-15H2,1-2H3,(H,24,26)/b4-3+/t17-,18+,19+,22+/m0/s1. The molecule has 1 N–H and O–H groups in total. The van der Waals surface area contributed by atoms with Crippen molar-refractivity contribution in [1.29, 1.82) is 0 Å². The molecule has 1 aromatic rings. The van der Waals surface area contributed by atoms with Gasteiger partial charge in [-0.3, -0.25) is 4.79 Å². The topological polar surface area (TPSA) is 54.5 Å². The second-order valence-corrected chi connectivity index (χ2v) is 8.32. The number of hydrogen-bond acceptors (Lipinski definition) is 4. The molecule has 0 saturated carbocycles. The van der Waals surface area contributed by atoms with Crippen molar-refractivity contribution in [3.8, 4) is 0 Å². The van der Waals surface area contributed by atoms with Crippen molar-refractivity contribution in [2.45, 2.75) is 57.7 Å². The molecule has 3 aliphatic rings. The number of anilines is 1. The Labute approximate surface area is 162 Å². The predicted octanol–water partition coefficient (Wildman–Crippen LogP) is 3.24. The number of aromatic nitrogens is 1. The number of hydrogen-bond donors (Lipinski definition) is 1. The first-order chi connectivity index (χ1) is 13.1. The summed E-state index contributed by atoms with van der Waals surface area (Å²) >= 11 is 0. The third kappa shape index (κ3) is 3.49. The summed E-state index contributed by atoms with van der Waals surface area (Å²) in [6, 6.07) is 4.11. The number of aryl methyl sites for hydroxylation is 1. The van der Waals surface area contributed by atoms with Crippen molar-refractivity contribution in [3.63, 3.8) is 0 Å². The van der Waals surface area contributed by atoms with Crippen LogP contribution in [0.2, 0.25) is 0 Å². The highest BCUT2D eigenvalue weighted by atomic mass is 16.5. The van der Waals surface area contributed by atoms with Gasteiger partial charge in [-0.15, -0.1) is 0 Å². The van der Waals surface area contributed by atoms with E-state index in [1.54, 1.807) is 0 Å². The molecule has 0 aromatic carbocycles. The first-order valence-corrected chi connectivity index (χ1v) is 10.4. The number of nitrogens with zero attached hydrogens (tertiary/aromatic N) is 2. The second-order valence-electron chi connectivity index (χ2n) is 8.32. The van der Waals surface area contributed by atoms with Gasteiger partial charge in [-0.05, 0) is 51.2 Å². The summed E-state index contributed by atoms with van der Waals surface area (Å²) in [5.41, 5.74) is 1.19. The van der Waals surface area contributed by atoms with E-state index in [9.17, 15) is 4.79 Å². The highest BCUT2D eigenvalue weighted by molar-refractivity contribution is 5.75. The lowest BCUT2D eigenvalue weighted by molar-refractivity contribution is -0.121. The van der Waals surface area contributed by atoms with E-state index >= 15 is 0 Å². The van der Waals surface area contributed by atoms with E-state index in [4.69, 9.17) is 4.74 Å². The summed E-state index contributed by atoms with van der Waals surface area (Å²) < 4.78 is 6.50. The molecule has 3 aliphatic heterocycles. The predicted molar refractivity (Wildman–Crippen MR) is 107 cm³/mol. The van der Waals surface area contributed by atoms with Gasteiger partial charge in [0.05, 0.1) is 11.7 Å². The van der Waals surface area contributed by atoms with Crippen molar-refractivity contribution in [2.24, 2.45) is 11.8 Å². The van der Waals surface area contributed by atoms with Crippen LogP contribution >= 0.6 is 0 Å². The largest absolute Gasteiger partial charge is 0.369 e. The lowest BCUT2D eigenvalue weighted by Gasteiger charge is -2.29. The number of carbonyl (C=O) groups excluding carboxylic acids is 1. The van der Waals surface area contributed by atoms with Gasteiger partial charge in [0.1, 0.15) is 5.82 Å². The molecule has 27 heavy (non-hydrogen) atoms. The lowest BCUT2D eigenvalue weighted by atomic mass is 9.73. The molecule has 4 rings (SSSR count). The lowest BCUT2D eigenvalue weighted by Crippen LogP contribution is -2.41. The molecular formula is C22H31N3O2. The monoisotopic (exact) mass is 369 g/mol. The van der Waals surface area contributed by atoms with Crippen LogP contribution in [0.4, 0.5) is 5.82 Å². The number of fused-ring (bicyclic) bond motifs is 1. The minimum absolute atomic E-state index is 0.0318. The SMILES string of the molecule is C/C=C/CCCC(=O)NC[C@H]1[C@H]2CN(c3ncccc3C)C[C@]23CC[C@H]1O3. The molecule has 3 saturated heterocycles. The van der Waals surface area contributed by atoms with Crippen LogP contribution in [0.15, 0.2) is 30.5 Å². The van der Waals surface area contributed by atoms with E-state index in [2.05, 4.69) is 34.3 Å². The molecule has 5 heteroatoms. The van der Waals surface area contributed by atoms with Crippen LogP contribution in [0.3, 0.4) is 0 Å². The van der Waals surface area contributed by atoms with Crippen molar-refractivity contribution in [1.82, 2.24) is 10.3 Å². The van der Waals surface area contributed by atoms with Crippen molar-refractivity contribution in [2.75, 3.05) is 24.5 Å². The molecule has 5 nitrogen and oxygen atoms in total. The van der Waals surface area contributed by atoms with E-state index in [1.165, 1.54) is 5.56 Å². The molecule has 1 amide bonds. The van der Waals surface area contributed by atoms with Gasteiger partial charge in [0.25, 0.3) is 0 Å². The zero-order chi connectivity index (χ0) is 18.9. The highest BCUT2D eigenvalue weighted by Crippen LogP contribution is 2.55. The van der Waals surface area contributed by atoms with Crippen LogP contribution in [0.1, 0.15) is 44.6 Å². The third-order valence-electron chi connectivity index (χ3n) is 6.61. The van der Waals surface area contributed by atoms with E-state index in [-0.39, 0.29) is 11.5 Å². The minimum Gasteiger partial charge on any atom is -0.369 e. The number of carbonyl (C=O) groups is 1. The maximum absolute atomic E-state index is 12.2. The van der Waals surface area contributed by atoms with Crippen molar-refractivity contribution in [3.05, 3.63) is 36.0 Å². The van der Waals surface area contributed by atoms with Gasteiger partial charge in [-0.2, -0.15) is 0 Å². The summed E-state index contributed by atoms with van der Waals surface area (Å²) in [5, 5.41) is 3.18. The Morgan fingerprint density at radius 2 is 2.41 bits per heavy atom. The van der Waals surface area contributed by atoms with Crippen molar-refractivity contribution < 1.29 is 9.53 Å². The summed E-state index contributed by atoms with van der Waals surface area (Å²) in [6.45, 7) is 6.80. The highest BCUT2D eigenvalue weighted by Gasteiger charge is 2.63. The quantitative estimate of drug-likeness (QED) is 0.592. The van der Waals surface area contributed by atoms with Gasteiger partial charge < -0.3 is 15.0 Å². The second kappa shape index (κ2) is 7.63. The van der Waals surface area contributed by atoms with Gasteiger partial charge in [0, 0.05) is 44.1 Å². The minimum atomic E-state index is -0.0318. The number of nitrogens with one attached hydrogen (secondary N) is 1. The third-order valence-corrected chi connectivity index (χ3v) is 6.61. The average Bonchev–Trinajstić information content (AvgIpc) is 3.32. The summed E-state index contributed by atoms with van der Waals surface area (Å²) in [4.78, 5) is 19.2. The Balaban J connectivity index is 1.37. The molecule has 3 fully saturated rings. The number of rotatable bonds is 7. The molecule has 1 spiro atoms. The molecule has 0 radical (unpaired) electrons. The van der Waals surface area contributed by atoms with Gasteiger partial charge in [-0.25, -0.2) is 4.98 Å². The van der Waals surface area contributed by atoms with Crippen LogP contribution in [0, 0.1) is 18.8 Å². The van der Waals surface area contributed by atoms with E-state index < -0.39 is 0 Å². The van der Waals surface area contributed by atoms with Crippen LogP contribution in [0.25, 0.3) is 0 Å². The molecular weight excluding hydrogens is 338 g/mol. The summed E-state index contributed by atoms with van der Waals surface area (Å²) in [7, 11) is 0. The van der Waals surface area contributed by atoms with Crippen LogP contribution < -0.4 is 10.2 Å². The fraction of sp³-hybridized carbons (Fsp3) is 0.636. The van der Waals surface area contributed by atoms with Gasteiger partial charge in [-0.1, -0.05) is 18.2 Å². The van der Waals surface area contributed by atoms with E-state index in [0.717, 1.165) is 51.1 Å². The Kier molecular flexibility index (Phi) is 5.22. The van der Waals surface area contributed by atoms with Crippen LogP contribution in [0.5, 0.6) is 0 Å². The maximum atomic E-state index is 12.2. The van der Waals surface area contributed by atoms with Crippen molar-refractivity contribution >= 4 is 11.7 Å². The molecule has 0 unspecified atom stereocenters.